The molecule has 1 aromatic heterocycles. The van der Waals surface area contributed by atoms with E-state index in [2.05, 4.69) is 54.1 Å². The van der Waals surface area contributed by atoms with Crippen LogP contribution in [0.25, 0.3) is 0 Å². The number of carbonyl (C=O) groups excluding carboxylic acids is 1. The summed E-state index contributed by atoms with van der Waals surface area (Å²) < 4.78 is 41.8. The zero-order valence-corrected chi connectivity index (χ0v) is 34.5. The average molecular weight is 801 g/mol. The summed E-state index contributed by atoms with van der Waals surface area (Å²) in [5.74, 6) is 1.50. The van der Waals surface area contributed by atoms with E-state index in [0.717, 1.165) is 16.7 Å². The molecular formula is C42H53N6O8P. The van der Waals surface area contributed by atoms with Crippen LogP contribution in [0.3, 0.4) is 0 Å². The molecule has 2 N–H and O–H groups in total. The summed E-state index contributed by atoms with van der Waals surface area (Å²) in [6.07, 6.45) is -0.122. The van der Waals surface area contributed by atoms with Gasteiger partial charge >= 0.3 is 11.7 Å². The molecule has 15 heteroatoms. The highest BCUT2D eigenvalue weighted by Gasteiger charge is 2.45. The van der Waals surface area contributed by atoms with Crippen LogP contribution in [-0.2, 0) is 24.1 Å². The van der Waals surface area contributed by atoms with Crippen molar-refractivity contribution in [2.24, 2.45) is 0 Å². The Morgan fingerprint density at radius 3 is 2.09 bits per heavy atom. The zero-order valence-electron chi connectivity index (χ0n) is 33.6. The molecule has 2 amide bonds. The summed E-state index contributed by atoms with van der Waals surface area (Å²) >= 11 is 0. The molecule has 0 bridgehead atoms. The minimum atomic E-state index is -1.69. The van der Waals surface area contributed by atoms with Crippen molar-refractivity contribution < 1.29 is 32.8 Å². The molecule has 1 aliphatic rings. The summed E-state index contributed by atoms with van der Waals surface area (Å²) in [7, 11) is 1.56. The molecule has 1 fully saturated rings. The van der Waals surface area contributed by atoms with Gasteiger partial charge in [-0.3, -0.25) is 9.88 Å². The number of anilines is 1. The van der Waals surface area contributed by atoms with E-state index in [4.69, 9.17) is 28.0 Å². The van der Waals surface area contributed by atoms with Crippen molar-refractivity contribution in [1.82, 2.24) is 19.5 Å². The van der Waals surface area contributed by atoms with Crippen LogP contribution in [-0.4, -0.2) is 78.5 Å². The monoisotopic (exact) mass is 800 g/mol. The lowest BCUT2D eigenvalue weighted by molar-refractivity contribution is -0.0925. The van der Waals surface area contributed by atoms with Crippen LogP contribution >= 0.6 is 8.53 Å². The molecule has 14 nitrogen and oxygen atoms in total. The third-order valence-corrected chi connectivity index (χ3v) is 11.6. The molecule has 0 saturated carbocycles. The quantitative estimate of drug-likeness (QED) is 0.0555. The van der Waals surface area contributed by atoms with Crippen molar-refractivity contribution >= 4 is 20.4 Å². The number of nitrogens with zero attached hydrogens (tertiary/aromatic N) is 4. The van der Waals surface area contributed by atoms with Gasteiger partial charge in [-0.1, -0.05) is 54.6 Å². The van der Waals surface area contributed by atoms with Crippen molar-refractivity contribution in [3.05, 3.63) is 118 Å². The summed E-state index contributed by atoms with van der Waals surface area (Å²) in [6, 6.07) is 28.8. The molecule has 0 aliphatic carbocycles. The third kappa shape index (κ3) is 10.6. The Bertz CT molecular complexity index is 1920. The highest BCUT2D eigenvalue weighted by atomic mass is 31.2. The Balaban J connectivity index is 1.58. The predicted octanol–water partition coefficient (Wildman–Crippen LogP) is 7.36. The van der Waals surface area contributed by atoms with Gasteiger partial charge < -0.3 is 33.3 Å². The van der Waals surface area contributed by atoms with Crippen LogP contribution in [0.1, 0.15) is 70.4 Å². The van der Waals surface area contributed by atoms with E-state index >= 15 is 0 Å². The normalized spacial score (nSPS) is 17.4. The van der Waals surface area contributed by atoms with Crippen molar-refractivity contribution in [3.63, 3.8) is 0 Å². The highest BCUT2D eigenvalue weighted by molar-refractivity contribution is 7.44. The van der Waals surface area contributed by atoms with Crippen molar-refractivity contribution in [1.29, 1.82) is 5.26 Å². The first-order chi connectivity index (χ1) is 27.5. The largest absolute Gasteiger partial charge is 0.497 e. The fraction of sp³-hybridized carbons (Fsp3) is 0.429. The van der Waals surface area contributed by atoms with Gasteiger partial charge in [-0.05, 0) is 81.6 Å². The van der Waals surface area contributed by atoms with E-state index in [0.29, 0.717) is 18.0 Å². The molecule has 2 heterocycles. The molecule has 1 unspecified atom stereocenters. The van der Waals surface area contributed by atoms with Gasteiger partial charge in [0, 0.05) is 31.2 Å². The molecule has 57 heavy (non-hydrogen) atoms. The molecule has 0 spiro atoms. The van der Waals surface area contributed by atoms with E-state index in [1.54, 1.807) is 33.4 Å². The van der Waals surface area contributed by atoms with Gasteiger partial charge in [-0.15, -0.1) is 0 Å². The summed E-state index contributed by atoms with van der Waals surface area (Å²) in [5.41, 5.74) is 0.802. The first-order valence-electron chi connectivity index (χ1n) is 19.1. The maximum Gasteiger partial charge on any atom is 0.351 e. The van der Waals surface area contributed by atoms with Gasteiger partial charge in [-0.25, -0.2) is 14.3 Å². The Morgan fingerprint density at radius 2 is 1.56 bits per heavy atom. The Labute approximate surface area is 336 Å². The fourth-order valence-electron chi connectivity index (χ4n) is 6.85. The van der Waals surface area contributed by atoms with E-state index in [9.17, 15) is 14.9 Å². The minimum absolute atomic E-state index is 0.0256. The zero-order chi connectivity index (χ0) is 41.0. The van der Waals surface area contributed by atoms with Gasteiger partial charge in [-0.2, -0.15) is 10.2 Å². The summed E-state index contributed by atoms with van der Waals surface area (Å²) in [6.45, 7) is 10.7. The molecule has 304 valence electrons. The van der Waals surface area contributed by atoms with Crippen molar-refractivity contribution in [3.8, 4) is 17.6 Å². The number of amides is 2. The molecule has 4 atom stereocenters. The highest BCUT2D eigenvalue weighted by Crippen LogP contribution is 2.50. The van der Waals surface area contributed by atoms with Gasteiger partial charge in [0.15, 0.2) is 0 Å². The van der Waals surface area contributed by atoms with E-state index in [-0.39, 0.29) is 44.0 Å². The summed E-state index contributed by atoms with van der Waals surface area (Å²) in [5, 5.41) is 14.6. The van der Waals surface area contributed by atoms with E-state index in [1.807, 2.05) is 78.9 Å². The van der Waals surface area contributed by atoms with Crippen LogP contribution < -0.4 is 25.8 Å². The molecular weight excluding hydrogens is 747 g/mol. The topological polar surface area (TPSA) is 158 Å². The number of urea groups is 1. The molecule has 1 saturated heterocycles. The predicted molar refractivity (Wildman–Crippen MR) is 218 cm³/mol. The average Bonchev–Trinajstić information content (AvgIpc) is 3.60. The number of rotatable bonds is 19. The number of aromatic nitrogens is 2. The van der Waals surface area contributed by atoms with Crippen LogP contribution in [0.5, 0.6) is 11.5 Å². The van der Waals surface area contributed by atoms with Gasteiger partial charge in [0.1, 0.15) is 35.2 Å². The van der Waals surface area contributed by atoms with Crippen LogP contribution in [0.2, 0.25) is 0 Å². The molecule has 0 radical (unpaired) electrons. The first kappa shape index (κ1) is 43.3. The number of benzene rings is 3. The van der Waals surface area contributed by atoms with Gasteiger partial charge in [0.25, 0.3) is 8.53 Å². The Hall–Kier alpha value is -4.87. The van der Waals surface area contributed by atoms with Crippen LogP contribution in [0, 0.1) is 11.3 Å². The Morgan fingerprint density at radius 1 is 0.965 bits per heavy atom. The molecule has 1 aliphatic heterocycles. The maximum atomic E-state index is 13.5. The number of nitriles is 1. The van der Waals surface area contributed by atoms with Gasteiger partial charge in [0.2, 0.25) is 0 Å². The number of methoxy groups -OCH3 is 2. The van der Waals surface area contributed by atoms with E-state index < -0.39 is 44.3 Å². The second-order valence-corrected chi connectivity index (χ2v) is 15.3. The molecule has 5 rings (SSSR count). The first-order valence-corrected chi connectivity index (χ1v) is 20.2. The van der Waals surface area contributed by atoms with E-state index in [1.165, 1.54) is 4.57 Å². The van der Waals surface area contributed by atoms with Crippen molar-refractivity contribution in [2.75, 3.05) is 39.3 Å². The Kier molecular flexibility index (Phi) is 15.6. The smallest absolute Gasteiger partial charge is 0.351 e. The second kappa shape index (κ2) is 20.5. The lowest BCUT2D eigenvalue weighted by Gasteiger charge is -2.39. The number of ether oxygens (including phenoxy) is 4. The minimum Gasteiger partial charge on any atom is -0.497 e. The SMILES string of the molecule is CCNC(=O)Nc1ccn([C@H]2C[C@H](OP(OCCC#N)N(C(C)C)C(C)C)[C@@H](COC(c3ccccc3)(c3ccc(OC)cc3)c3ccc(OC)cc3)O2)c(=O)n1. The lowest BCUT2D eigenvalue weighted by Crippen LogP contribution is -2.39. The molecule has 4 aromatic rings. The summed E-state index contributed by atoms with van der Waals surface area (Å²) in [4.78, 5) is 29.8. The second-order valence-electron chi connectivity index (χ2n) is 13.9. The lowest BCUT2D eigenvalue weighted by atomic mass is 9.80. The van der Waals surface area contributed by atoms with Gasteiger partial charge in [0.05, 0.1) is 46.0 Å². The maximum absolute atomic E-state index is 13.5. The van der Waals surface area contributed by atoms with Crippen LogP contribution in [0.15, 0.2) is 95.9 Å². The van der Waals surface area contributed by atoms with Crippen molar-refractivity contribution in [2.45, 2.75) is 83.6 Å². The standard InChI is InChI=1S/C42H53N6O8P/c1-8-44-40(49)45-38-23-25-47(41(50)46-38)39-27-36(56-57(54-26-12-24-43)48(29(2)3)30(4)5)37(55-39)28-53-42(31-13-10-9-11-14-31,32-15-19-34(51-6)20-16-32)33-17-21-35(52-7)22-18-33/h9-11,13-23,25,29-30,36-37,39H,8,12,26-28H2,1-7H3,(H2,44,45,46,49,50)/t36-,37+,39+,57?/m0/s1. The van der Waals surface area contributed by atoms with Crippen LogP contribution in [0.4, 0.5) is 10.6 Å². The third-order valence-electron chi connectivity index (χ3n) is 9.43. The fourth-order valence-corrected chi connectivity index (χ4v) is 8.60. The molecule has 3 aromatic carbocycles. The number of carbonyl (C=O) groups is 1. The number of nitrogens with one attached hydrogen (secondary N) is 2. The number of hydrogen-bond acceptors (Lipinski definition) is 11. The number of hydrogen-bond donors (Lipinski definition) is 2.